The Bertz CT molecular complexity index is 438. The monoisotopic (exact) mass is 298 g/mol. The highest BCUT2D eigenvalue weighted by molar-refractivity contribution is 5.29. The van der Waals surface area contributed by atoms with Gasteiger partial charge in [-0.3, -0.25) is 4.90 Å². The molecule has 5 heteroatoms. The minimum atomic E-state index is -2.78. The molecule has 1 heterocycles. The second-order valence-electron chi connectivity index (χ2n) is 5.85. The Morgan fingerprint density at radius 1 is 1.29 bits per heavy atom. The molecule has 118 valence electrons. The summed E-state index contributed by atoms with van der Waals surface area (Å²) in [5, 5.41) is 0. The molecule has 0 bridgehead atoms. The predicted molar refractivity (Wildman–Crippen MR) is 79.4 cm³/mol. The number of rotatable bonds is 5. The first-order chi connectivity index (χ1) is 10.0. The molecule has 2 rings (SSSR count). The SMILES string of the molecule is CC1CCC(CN)CN1C(C)c1ccc(OC(F)F)cc1. The molecule has 3 atom stereocenters. The number of likely N-dealkylation sites (tertiary alicyclic amines) is 1. The Kier molecular flexibility index (Phi) is 5.53. The zero-order valence-corrected chi connectivity index (χ0v) is 12.6. The zero-order valence-electron chi connectivity index (χ0n) is 12.6. The lowest BCUT2D eigenvalue weighted by Crippen LogP contribution is -2.44. The summed E-state index contributed by atoms with van der Waals surface area (Å²) in [5.41, 5.74) is 6.91. The normalized spacial score (nSPS) is 25.0. The van der Waals surface area contributed by atoms with Gasteiger partial charge in [0.1, 0.15) is 5.75 Å². The molecule has 1 aromatic rings. The van der Waals surface area contributed by atoms with E-state index < -0.39 is 6.61 Å². The van der Waals surface area contributed by atoms with Gasteiger partial charge in [0.2, 0.25) is 0 Å². The number of hydrogen-bond donors (Lipinski definition) is 1. The minimum absolute atomic E-state index is 0.201. The lowest BCUT2D eigenvalue weighted by atomic mass is 9.91. The highest BCUT2D eigenvalue weighted by Gasteiger charge is 2.28. The van der Waals surface area contributed by atoms with E-state index in [1.54, 1.807) is 12.1 Å². The number of ether oxygens (including phenoxy) is 1. The summed E-state index contributed by atoms with van der Waals surface area (Å²) >= 11 is 0. The molecule has 0 saturated carbocycles. The third kappa shape index (κ3) is 4.14. The molecule has 0 radical (unpaired) electrons. The molecule has 0 spiro atoms. The summed E-state index contributed by atoms with van der Waals surface area (Å²) in [5.74, 6) is 0.748. The Morgan fingerprint density at radius 2 is 1.95 bits per heavy atom. The molecule has 2 N–H and O–H groups in total. The van der Waals surface area contributed by atoms with Gasteiger partial charge < -0.3 is 10.5 Å². The number of benzene rings is 1. The molecule has 3 unspecified atom stereocenters. The van der Waals surface area contributed by atoms with Gasteiger partial charge in [-0.1, -0.05) is 12.1 Å². The van der Waals surface area contributed by atoms with Gasteiger partial charge in [0.05, 0.1) is 0 Å². The first-order valence-corrected chi connectivity index (χ1v) is 7.51. The van der Waals surface area contributed by atoms with Crippen molar-refractivity contribution in [3.63, 3.8) is 0 Å². The van der Waals surface area contributed by atoms with Crippen molar-refractivity contribution in [3.8, 4) is 5.75 Å². The van der Waals surface area contributed by atoms with Gasteiger partial charge in [-0.05, 0) is 56.8 Å². The van der Waals surface area contributed by atoms with Crippen molar-refractivity contribution in [2.45, 2.75) is 45.4 Å². The van der Waals surface area contributed by atoms with Gasteiger partial charge in [0.25, 0.3) is 0 Å². The van der Waals surface area contributed by atoms with E-state index in [2.05, 4.69) is 23.5 Å². The molecule has 3 nitrogen and oxygen atoms in total. The van der Waals surface area contributed by atoms with Crippen LogP contribution in [-0.2, 0) is 0 Å². The van der Waals surface area contributed by atoms with Crippen LogP contribution in [-0.4, -0.2) is 30.6 Å². The number of nitrogens with two attached hydrogens (primary N) is 1. The van der Waals surface area contributed by atoms with Crippen LogP contribution in [0.4, 0.5) is 8.78 Å². The fourth-order valence-electron chi connectivity index (χ4n) is 3.06. The fraction of sp³-hybridized carbons (Fsp3) is 0.625. The van der Waals surface area contributed by atoms with Crippen LogP contribution in [0.25, 0.3) is 0 Å². The molecule has 21 heavy (non-hydrogen) atoms. The number of alkyl halides is 2. The Morgan fingerprint density at radius 3 is 2.52 bits per heavy atom. The number of nitrogens with zero attached hydrogens (tertiary/aromatic N) is 1. The van der Waals surface area contributed by atoms with Gasteiger partial charge in [-0.15, -0.1) is 0 Å². The van der Waals surface area contributed by atoms with Crippen LogP contribution in [0.15, 0.2) is 24.3 Å². The molecule has 0 aromatic heterocycles. The molecular weight excluding hydrogens is 274 g/mol. The van der Waals surface area contributed by atoms with Crippen molar-refractivity contribution in [2.24, 2.45) is 11.7 Å². The number of halogens is 2. The molecule has 1 aliphatic rings. The second-order valence-corrected chi connectivity index (χ2v) is 5.85. The van der Waals surface area contributed by atoms with Crippen molar-refractivity contribution < 1.29 is 13.5 Å². The molecule has 0 aliphatic carbocycles. The van der Waals surface area contributed by atoms with Crippen LogP contribution in [0.1, 0.15) is 38.3 Å². The van der Waals surface area contributed by atoms with E-state index in [4.69, 9.17) is 5.73 Å². The average Bonchev–Trinajstić information content (AvgIpc) is 2.47. The second kappa shape index (κ2) is 7.18. The van der Waals surface area contributed by atoms with E-state index in [0.717, 1.165) is 25.1 Å². The zero-order chi connectivity index (χ0) is 15.4. The van der Waals surface area contributed by atoms with E-state index in [1.807, 2.05) is 12.1 Å². The maximum absolute atomic E-state index is 12.2. The van der Waals surface area contributed by atoms with Crippen molar-refractivity contribution in [2.75, 3.05) is 13.1 Å². The number of piperidine rings is 1. The smallest absolute Gasteiger partial charge is 0.387 e. The largest absolute Gasteiger partial charge is 0.435 e. The summed E-state index contributed by atoms with van der Waals surface area (Å²) in [4.78, 5) is 2.45. The van der Waals surface area contributed by atoms with E-state index in [-0.39, 0.29) is 11.8 Å². The van der Waals surface area contributed by atoms with Crippen LogP contribution in [0, 0.1) is 5.92 Å². The summed E-state index contributed by atoms with van der Waals surface area (Å²) in [6, 6.07) is 7.69. The van der Waals surface area contributed by atoms with Crippen molar-refractivity contribution in [3.05, 3.63) is 29.8 Å². The van der Waals surface area contributed by atoms with Crippen molar-refractivity contribution in [1.29, 1.82) is 0 Å². The molecule has 1 saturated heterocycles. The predicted octanol–water partition coefficient (Wildman–Crippen LogP) is 3.41. The van der Waals surface area contributed by atoms with Crippen LogP contribution in [0.3, 0.4) is 0 Å². The standard InChI is InChI=1S/C16H24F2N2O/c1-11-3-4-13(9-19)10-20(11)12(2)14-5-7-15(8-6-14)21-16(17)18/h5-8,11-13,16H,3-4,9-10,19H2,1-2H3. The van der Waals surface area contributed by atoms with Crippen LogP contribution < -0.4 is 10.5 Å². The summed E-state index contributed by atoms with van der Waals surface area (Å²) in [6.45, 7) is 3.32. The number of hydrogen-bond acceptors (Lipinski definition) is 3. The fourth-order valence-corrected chi connectivity index (χ4v) is 3.06. The average molecular weight is 298 g/mol. The van der Waals surface area contributed by atoms with E-state index >= 15 is 0 Å². The molecular formula is C16H24F2N2O. The molecule has 1 fully saturated rings. The van der Waals surface area contributed by atoms with E-state index in [9.17, 15) is 8.78 Å². The highest BCUT2D eigenvalue weighted by Crippen LogP contribution is 2.31. The summed E-state index contributed by atoms with van der Waals surface area (Å²) in [6.07, 6.45) is 2.33. The van der Waals surface area contributed by atoms with Crippen LogP contribution in [0.5, 0.6) is 5.75 Å². The van der Waals surface area contributed by atoms with Gasteiger partial charge in [-0.2, -0.15) is 8.78 Å². The third-order valence-electron chi connectivity index (χ3n) is 4.45. The maximum atomic E-state index is 12.2. The molecule has 1 aliphatic heterocycles. The highest BCUT2D eigenvalue weighted by atomic mass is 19.3. The van der Waals surface area contributed by atoms with Crippen molar-refractivity contribution >= 4 is 0 Å². The maximum Gasteiger partial charge on any atom is 0.387 e. The Hall–Kier alpha value is -1.20. The first-order valence-electron chi connectivity index (χ1n) is 7.51. The summed E-state index contributed by atoms with van der Waals surface area (Å²) < 4.78 is 28.7. The summed E-state index contributed by atoms with van der Waals surface area (Å²) in [7, 11) is 0. The Labute approximate surface area is 125 Å². The van der Waals surface area contributed by atoms with Crippen LogP contribution >= 0.6 is 0 Å². The van der Waals surface area contributed by atoms with E-state index in [0.29, 0.717) is 12.0 Å². The van der Waals surface area contributed by atoms with Gasteiger partial charge in [0.15, 0.2) is 0 Å². The van der Waals surface area contributed by atoms with Gasteiger partial charge in [-0.25, -0.2) is 0 Å². The van der Waals surface area contributed by atoms with E-state index in [1.165, 1.54) is 6.42 Å². The van der Waals surface area contributed by atoms with Crippen LogP contribution in [0.2, 0.25) is 0 Å². The van der Waals surface area contributed by atoms with Gasteiger partial charge >= 0.3 is 6.61 Å². The molecule has 1 aromatic carbocycles. The Balaban J connectivity index is 2.05. The molecule has 0 amide bonds. The first kappa shape index (κ1) is 16.2. The topological polar surface area (TPSA) is 38.5 Å². The van der Waals surface area contributed by atoms with Crippen molar-refractivity contribution in [1.82, 2.24) is 4.90 Å². The lowest BCUT2D eigenvalue weighted by molar-refractivity contribution is -0.0498. The lowest BCUT2D eigenvalue weighted by Gasteiger charge is -2.41. The van der Waals surface area contributed by atoms with Gasteiger partial charge in [0, 0.05) is 18.6 Å². The quantitative estimate of drug-likeness (QED) is 0.905. The third-order valence-corrected chi connectivity index (χ3v) is 4.45. The minimum Gasteiger partial charge on any atom is -0.435 e.